The average molecular weight is 168 g/mol. The molecule has 1 aromatic rings. The van der Waals surface area contributed by atoms with E-state index in [4.69, 9.17) is 11.5 Å². The molecule has 0 radical (unpaired) electrons. The number of amides is 1. The van der Waals surface area contributed by atoms with Crippen LogP contribution in [0.15, 0.2) is 12.3 Å². The van der Waals surface area contributed by atoms with E-state index in [0.29, 0.717) is 0 Å². The van der Waals surface area contributed by atoms with Gasteiger partial charge in [-0.15, -0.1) is 0 Å². The highest BCUT2D eigenvalue weighted by atomic mass is 16.1. The van der Waals surface area contributed by atoms with Gasteiger partial charge in [-0.05, 0) is 6.07 Å². The molecule has 0 saturated carbocycles. The average Bonchev–Trinajstić information content (AvgIpc) is 2.33. The monoisotopic (exact) mass is 168 g/mol. The second kappa shape index (κ2) is 3.36. The van der Waals surface area contributed by atoms with Crippen LogP contribution in [0.3, 0.4) is 0 Å². The Morgan fingerprint density at radius 1 is 1.83 bits per heavy atom. The van der Waals surface area contributed by atoms with Crippen LogP contribution in [0.25, 0.3) is 0 Å². The van der Waals surface area contributed by atoms with Crippen LogP contribution in [0.2, 0.25) is 0 Å². The fourth-order valence-corrected chi connectivity index (χ4v) is 1.07. The van der Waals surface area contributed by atoms with Crippen LogP contribution in [-0.4, -0.2) is 15.7 Å². The van der Waals surface area contributed by atoms with Crippen molar-refractivity contribution in [3.05, 3.63) is 18.0 Å². The maximum absolute atomic E-state index is 10.5. The van der Waals surface area contributed by atoms with Gasteiger partial charge in [0.05, 0.1) is 11.7 Å². The lowest BCUT2D eigenvalue weighted by Gasteiger charge is -2.08. The molecule has 0 aromatic carbocycles. The maximum Gasteiger partial charge on any atom is 0.219 e. The van der Waals surface area contributed by atoms with Crippen molar-refractivity contribution in [3.8, 4) is 0 Å². The number of nitrogens with zero attached hydrogens (tertiary/aromatic N) is 2. The Balaban J connectivity index is 2.71. The number of aryl methyl sites for hydroxylation is 1. The molecule has 5 nitrogen and oxygen atoms in total. The van der Waals surface area contributed by atoms with E-state index in [2.05, 4.69) is 5.10 Å². The minimum absolute atomic E-state index is 0.152. The van der Waals surface area contributed by atoms with Crippen LogP contribution in [0, 0.1) is 0 Å². The third kappa shape index (κ3) is 1.82. The highest BCUT2D eigenvalue weighted by Gasteiger charge is 2.11. The molecule has 5 heteroatoms. The van der Waals surface area contributed by atoms with E-state index in [1.54, 1.807) is 24.0 Å². The first-order valence-electron chi connectivity index (χ1n) is 3.63. The lowest BCUT2D eigenvalue weighted by Crippen LogP contribution is -2.22. The molecular formula is C7H12N4O. The third-order valence-corrected chi connectivity index (χ3v) is 1.66. The highest BCUT2D eigenvalue weighted by molar-refractivity contribution is 5.74. The minimum atomic E-state index is -0.399. The minimum Gasteiger partial charge on any atom is -0.370 e. The number of aromatic nitrogens is 2. The molecule has 0 fully saturated rings. The van der Waals surface area contributed by atoms with E-state index < -0.39 is 5.91 Å². The Hall–Kier alpha value is -1.36. The second-order valence-corrected chi connectivity index (χ2v) is 2.66. The molecule has 0 spiro atoms. The van der Waals surface area contributed by atoms with Gasteiger partial charge in [-0.2, -0.15) is 5.10 Å². The second-order valence-electron chi connectivity index (χ2n) is 2.66. The Morgan fingerprint density at radius 3 is 2.92 bits per heavy atom. The van der Waals surface area contributed by atoms with Gasteiger partial charge in [0, 0.05) is 19.7 Å². The number of nitrogens with two attached hydrogens (primary N) is 2. The first kappa shape index (κ1) is 8.73. The van der Waals surface area contributed by atoms with Crippen LogP contribution in [-0.2, 0) is 11.8 Å². The molecular weight excluding hydrogens is 156 g/mol. The molecule has 1 rings (SSSR count). The Kier molecular flexibility index (Phi) is 2.44. The first-order chi connectivity index (χ1) is 5.61. The lowest BCUT2D eigenvalue weighted by molar-refractivity contribution is -0.118. The molecule has 1 amide bonds. The number of rotatable bonds is 3. The zero-order valence-electron chi connectivity index (χ0n) is 6.90. The van der Waals surface area contributed by atoms with Crippen molar-refractivity contribution < 1.29 is 4.79 Å². The van der Waals surface area contributed by atoms with Gasteiger partial charge in [0.15, 0.2) is 0 Å². The molecule has 0 saturated heterocycles. The lowest BCUT2D eigenvalue weighted by atomic mass is 10.1. The number of hydrogen-bond donors (Lipinski definition) is 2. The van der Waals surface area contributed by atoms with Gasteiger partial charge in [-0.25, -0.2) is 0 Å². The number of hydrogen-bond acceptors (Lipinski definition) is 3. The van der Waals surface area contributed by atoms with Crippen LogP contribution in [0.5, 0.6) is 0 Å². The van der Waals surface area contributed by atoms with E-state index in [-0.39, 0.29) is 12.5 Å². The molecule has 1 unspecified atom stereocenters. The molecule has 1 heterocycles. The Bertz CT molecular complexity index is 281. The number of carbonyl (C=O) groups excluding carboxylic acids is 1. The van der Waals surface area contributed by atoms with Crippen molar-refractivity contribution in [1.82, 2.24) is 9.78 Å². The van der Waals surface area contributed by atoms with Gasteiger partial charge in [0.25, 0.3) is 0 Å². The molecule has 1 atom stereocenters. The maximum atomic E-state index is 10.5. The largest absolute Gasteiger partial charge is 0.370 e. The summed E-state index contributed by atoms with van der Waals surface area (Å²) in [6.07, 6.45) is 1.79. The van der Waals surface area contributed by atoms with Crippen molar-refractivity contribution >= 4 is 5.91 Å². The molecule has 4 N–H and O–H groups in total. The van der Waals surface area contributed by atoms with Gasteiger partial charge < -0.3 is 11.5 Å². The van der Waals surface area contributed by atoms with Crippen LogP contribution in [0.4, 0.5) is 0 Å². The zero-order chi connectivity index (χ0) is 9.14. The Morgan fingerprint density at radius 2 is 2.50 bits per heavy atom. The molecule has 12 heavy (non-hydrogen) atoms. The van der Waals surface area contributed by atoms with Crippen LogP contribution >= 0.6 is 0 Å². The molecule has 0 aliphatic heterocycles. The summed E-state index contributed by atoms with van der Waals surface area (Å²) in [6.45, 7) is 0. The molecule has 0 aliphatic rings. The van der Waals surface area contributed by atoms with Crippen molar-refractivity contribution in [3.63, 3.8) is 0 Å². The summed E-state index contributed by atoms with van der Waals surface area (Å²) >= 11 is 0. The molecule has 1 aromatic heterocycles. The number of primary amides is 1. The highest BCUT2D eigenvalue weighted by Crippen LogP contribution is 2.11. The molecule has 0 aliphatic carbocycles. The summed E-state index contributed by atoms with van der Waals surface area (Å²) in [5, 5.41) is 3.93. The standard InChI is InChI=1S/C7H12N4O/c1-11-6(2-3-10-11)5(8)4-7(9)12/h2-3,5H,4,8H2,1H3,(H2,9,12). The van der Waals surface area contributed by atoms with Crippen molar-refractivity contribution in [1.29, 1.82) is 0 Å². The smallest absolute Gasteiger partial charge is 0.219 e. The van der Waals surface area contributed by atoms with Crippen LogP contribution in [0.1, 0.15) is 18.2 Å². The summed E-state index contributed by atoms with van der Waals surface area (Å²) in [5.41, 5.74) is 11.5. The fraction of sp³-hybridized carbons (Fsp3) is 0.429. The van der Waals surface area contributed by atoms with Crippen LogP contribution < -0.4 is 11.5 Å². The normalized spacial score (nSPS) is 12.8. The van der Waals surface area contributed by atoms with Crippen molar-refractivity contribution in [2.24, 2.45) is 18.5 Å². The van der Waals surface area contributed by atoms with E-state index in [1.807, 2.05) is 0 Å². The van der Waals surface area contributed by atoms with Gasteiger partial charge in [-0.1, -0.05) is 0 Å². The van der Waals surface area contributed by atoms with E-state index in [1.165, 1.54) is 0 Å². The van der Waals surface area contributed by atoms with E-state index in [9.17, 15) is 4.79 Å². The Labute approximate surface area is 70.3 Å². The fourth-order valence-electron chi connectivity index (χ4n) is 1.07. The zero-order valence-corrected chi connectivity index (χ0v) is 6.90. The SMILES string of the molecule is Cn1nccc1C(N)CC(N)=O. The first-order valence-corrected chi connectivity index (χ1v) is 3.63. The van der Waals surface area contributed by atoms with Gasteiger partial charge >= 0.3 is 0 Å². The molecule has 66 valence electrons. The summed E-state index contributed by atoms with van der Waals surface area (Å²) < 4.78 is 1.63. The van der Waals surface area contributed by atoms with E-state index in [0.717, 1.165) is 5.69 Å². The summed E-state index contributed by atoms with van der Waals surface area (Å²) in [7, 11) is 1.77. The predicted molar refractivity (Wildman–Crippen MR) is 43.9 cm³/mol. The van der Waals surface area contributed by atoms with E-state index >= 15 is 0 Å². The molecule has 0 bridgehead atoms. The predicted octanol–water partition coefficient (Wildman–Crippen LogP) is -0.705. The van der Waals surface area contributed by atoms with Gasteiger partial charge in [0.2, 0.25) is 5.91 Å². The quantitative estimate of drug-likeness (QED) is 0.625. The summed E-state index contributed by atoms with van der Waals surface area (Å²) in [4.78, 5) is 10.5. The van der Waals surface area contributed by atoms with Gasteiger partial charge in [-0.3, -0.25) is 9.48 Å². The van der Waals surface area contributed by atoms with Gasteiger partial charge in [0.1, 0.15) is 0 Å². The van der Waals surface area contributed by atoms with Crippen molar-refractivity contribution in [2.75, 3.05) is 0 Å². The summed E-state index contributed by atoms with van der Waals surface area (Å²) in [5.74, 6) is -0.399. The third-order valence-electron chi connectivity index (χ3n) is 1.66. The number of carbonyl (C=O) groups is 1. The summed E-state index contributed by atoms with van der Waals surface area (Å²) in [6, 6.07) is 1.42. The topological polar surface area (TPSA) is 86.9 Å². The van der Waals surface area contributed by atoms with Crippen molar-refractivity contribution in [2.45, 2.75) is 12.5 Å².